The van der Waals surface area contributed by atoms with Crippen LogP contribution in [0.2, 0.25) is 0 Å². The number of rotatable bonds is 5. The van der Waals surface area contributed by atoms with E-state index in [1.165, 1.54) is 0 Å². The van der Waals surface area contributed by atoms with Gasteiger partial charge in [-0.1, -0.05) is 28.1 Å². The maximum atomic E-state index is 11.1. The first kappa shape index (κ1) is 13.5. The molecule has 2 amide bonds. The van der Waals surface area contributed by atoms with E-state index in [2.05, 4.69) is 21.2 Å². The van der Waals surface area contributed by atoms with Crippen LogP contribution in [-0.2, 0) is 11.2 Å². The summed E-state index contributed by atoms with van der Waals surface area (Å²) >= 11 is 3.34. The van der Waals surface area contributed by atoms with Crippen LogP contribution < -0.4 is 10.6 Å². The van der Waals surface area contributed by atoms with Crippen molar-refractivity contribution in [1.29, 1.82) is 0 Å². The smallest absolute Gasteiger partial charge is 0.405 e. The Morgan fingerprint density at radius 3 is 2.41 bits per heavy atom. The van der Waals surface area contributed by atoms with Crippen LogP contribution >= 0.6 is 15.9 Å². The Bertz CT molecular complexity index is 392. The van der Waals surface area contributed by atoms with E-state index in [9.17, 15) is 9.59 Å². The van der Waals surface area contributed by atoms with Crippen LogP contribution in [0.5, 0.6) is 0 Å². The van der Waals surface area contributed by atoms with Gasteiger partial charge in [0.15, 0.2) is 0 Å². The van der Waals surface area contributed by atoms with Crippen LogP contribution in [-0.4, -0.2) is 30.2 Å². The molecule has 1 aromatic rings. The first-order chi connectivity index (χ1) is 8.08. The molecule has 0 aliphatic rings. The molecule has 0 unspecified atom stereocenters. The monoisotopic (exact) mass is 300 g/mol. The number of carbonyl (C=O) groups excluding carboxylic acids is 1. The van der Waals surface area contributed by atoms with E-state index in [4.69, 9.17) is 5.11 Å². The zero-order valence-corrected chi connectivity index (χ0v) is 10.7. The highest BCUT2D eigenvalue weighted by atomic mass is 79.9. The Hall–Kier alpha value is -1.56. The molecule has 3 N–H and O–H groups in total. The second-order valence-corrected chi connectivity index (χ2v) is 4.30. The van der Waals surface area contributed by atoms with Gasteiger partial charge in [-0.25, -0.2) is 4.79 Å². The molecule has 0 aromatic heterocycles. The molecule has 1 aromatic carbocycles. The highest BCUT2D eigenvalue weighted by Gasteiger charge is 2.02. The molecule has 0 radical (unpaired) electrons. The molecule has 6 heteroatoms. The molecule has 1 rings (SSSR count). The summed E-state index contributed by atoms with van der Waals surface area (Å²) in [6.45, 7) is 0.275. The predicted octanol–water partition coefficient (Wildman–Crippen LogP) is 1.38. The van der Waals surface area contributed by atoms with Gasteiger partial charge in [-0.3, -0.25) is 4.79 Å². The van der Waals surface area contributed by atoms with Crippen molar-refractivity contribution in [2.45, 2.75) is 6.42 Å². The molecular formula is C11H13BrN2O3. The molecule has 92 valence electrons. The zero-order chi connectivity index (χ0) is 12.7. The highest BCUT2D eigenvalue weighted by molar-refractivity contribution is 9.10. The summed E-state index contributed by atoms with van der Waals surface area (Å²) in [5, 5.41) is 12.9. The molecule has 0 saturated heterocycles. The number of nitrogens with one attached hydrogen (secondary N) is 2. The first-order valence-electron chi connectivity index (χ1n) is 5.06. The number of carboxylic acid groups (broad SMARTS) is 1. The van der Waals surface area contributed by atoms with Crippen molar-refractivity contribution < 1.29 is 14.7 Å². The fraction of sp³-hybridized carbons (Fsp3) is 0.273. The van der Waals surface area contributed by atoms with Gasteiger partial charge in [0, 0.05) is 11.0 Å². The predicted molar refractivity (Wildman–Crippen MR) is 66.9 cm³/mol. The third kappa shape index (κ3) is 5.91. The molecule has 0 aliphatic carbocycles. The van der Waals surface area contributed by atoms with Crippen molar-refractivity contribution in [3.05, 3.63) is 34.3 Å². The van der Waals surface area contributed by atoms with E-state index in [1.807, 2.05) is 29.6 Å². The van der Waals surface area contributed by atoms with Gasteiger partial charge in [0.2, 0.25) is 5.91 Å². The lowest BCUT2D eigenvalue weighted by Gasteiger charge is -2.05. The first-order valence-corrected chi connectivity index (χ1v) is 5.85. The summed E-state index contributed by atoms with van der Waals surface area (Å²) in [7, 11) is 0. The summed E-state index contributed by atoms with van der Waals surface area (Å²) in [6.07, 6.45) is -0.486. The summed E-state index contributed by atoms with van der Waals surface area (Å²) in [6, 6.07) is 7.80. The molecule has 0 bridgehead atoms. The molecule has 17 heavy (non-hydrogen) atoms. The zero-order valence-electron chi connectivity index (χ0n) is 9.07. The molecule has 0 spiro atoms. The van der Waals surface area contributed by atoms with Crippen molar-refractivity contribution in [1.82, 2.24) is 10.6 Å². The molecule has 5 nitrogen and oxygen atoms in total. The van der Waals surface area contributed by atoms with Crippen LogP contribution in [0.15, 0.2) is 28.7 Å². The van der Waals surface area contributed by atoms with Crippen molar-refractivity contribution >= 4 is 27.9 Å². The molecule has 0 fully saturated rings. The number of carbonyl (C=O) groups is 2. The van der Waals surface area contributed by atoms with Gasteiger partial charge in [-0.05, 0) is 24.1 Å². The second-order valence-electron chi connectivity index (χ2n) is 3.39. The number of benzene rings is 1. The minimum absolute atomic E-state index is 0.213. The standard InChI is InChI=1S/C11H13BrN2O3/c12-9-3-1-8(2-4-9)5-6-13-10(15)7-14-11(16)17/h1-4,14H,5-7H2,(H,13,15)(H,16,17). The molecule has 0 heterocycles. The number of amides is 2. The topological polar surface area (TPSA) is 78.4 Å². The fourth-order valence-electron chi connectivity index (χ4n) is 1.22. The van der Waals surface area contributed by atoms with E-state index in [-0.39, 0.29) is 12.5 Å². The average Bonchev–Trinajstić information content (AvgIpc) is 2.29. The number of halogens is 1. The quantitative estimate of drug-likeness (QED) is 0.768. The normalized spacial score (nSPS) is 9.71. The van der Waals surface area contributed by atoms with E-state index in [1.54, 1.807) is 0 Å². The van der Waals surface area contributed by atoms with Crippen molar-refractivity contribution in [2.24, 2.45) is 0 Å². The fourth-order valence-corrected chi connectivity index (χ4v) is 1.48. The summed E-state index contributed by atoms with van der Waals surface area (Å²) in [5.41, 5.74) is 1.11. The Morgan fingerprint density at radius 2 is 1.82 bits per heavy atom. The lowest BCUT2D eigenvalue weighted by Crippen LogP contribution is -2.37. The maximum Gasteiger partial charge on any atom is 0.405 e. The average molecular weight is 301 g/mol. The van der Waals surface area contributed by atoms with Crippen LogP contribution in [0, 0.1) is 0 Å². The minimum atomic E-state index is -1.20. The maximum absolute atomic E-state index is 11.1. The molecule has 0 saturated carbocycles. The van der Waals surface area contributed by atoms with Gasteiger partial charge in [0.25, 0.3) is 0 Å². The van der Waals surface area contributed by atoms with Crippen LogP contribution in [0.4, 0.5) is 4.79 Å². The molecule has 0 atom stereocenters. The van der Waals surface area contributed by atoms with E-state index in [0.29, 0.717) is 13.0 Å². The third-order valence-corrected chi connectivity index (χ3v) is 2.58. The van der Waals surface area contributed by atoms with Crippen LogP contribution in [0.25, 0.3) is 0 Å². The molecular weight excluding hydrogens is 288 g/mol. The second kappa shape index (κ2) is 6.90. The Morgan fingerprint density at radius 1 is 1.18 bits per heavy atom. The van der Waals surface area contributed by atoms with Crippen molar-refractivity contribution in [3.8, 4) is 0 Å². The van der Waals surface area contributed by atoms with Crippen molar-refractivity contribution in [2.75, 3.05) is 13.1 Å². The molecule has 0 aliphatic heterocycles. The van der Waals surface area contributed by atoms with Gasteiger partial charge in [0.05, 0.1) is 6.54 Å². The van der Waals surface area contributed by atoms with Gasteiger partial charge in [-0.15, -0.1) is 0 Å². The lowest BCUT2D eigenvalue weighted by molar-refractivity contribution is -0.120. The van der Waals surface area contributed by atoms with E-state index in [0.717, 1.165) is 10.0 Å². The highest BCUT2D eigenvalue weighted by Crippen LogP contribution is 2.10. The number of hydrogen-bond donors (Lipinski definition) is 3. The van der Waals surface area contributed by atoms with Crippen LogP contribution in [0.1, 0.15) is 5.56 Å². The van der Waals surface area contributed by atoms with Crippen molar-refractivity contribution in [3.63, 3.8) is 0 Å². The SMILES string of the molecule is O=C(O)NCC(=O)NCCc1ccc(Br)cc1. The Kier molecular flexibility index (Phi) is 5.48. The lowest BCUT2D eigenvalue weighted by atomic mass is 10.1. The third-order valence-electron chi connectivity index (χ3n) is 2.05. The summed E-state index contributed by atoms with van der Waals surface area (Å²) in [4.78, 5) is 21.3. The van der Waals surface area contributed by atoms with Gasteiger partial charge in [-0.2, -0.15) is 0 Å². The minimum Gasteiger partial charge on any atom is -0.465 e. The van der Waals surface area contributed by atoms with Crippen LogP contribution in [0.3, 0.4) is 0 Å². The number of hydrogen-bond acceptors (Lipinski definition) is 2. The Labute approximate surface area is 107 Å². The largest absolute Gasteiger partial charge is 0.465 e. The van der Waals surface area contributed by atoms with Gasteiger partial charge in [0.1, 0.15) is 0 Å². The van der Waals surface area contributed by atoms with Gasteiger partial charge >= 0.3 is 6.09 Å². The summed E-state index contributed by atoms with van der Waals surface area (Å²) in [5.74, 6) is -0.329. The summed E-state index contributed by atoms with van der Waals surface area (Å²) < 4.78 is 1.01. The van der Waals surface area contributed by atoms with E-state index >= 15 is 0 Å². The van der Waals surface area contributed by atoms with E-state index < -0.39 is 6.09 Å². The van der Waals surface area contributed by atoms with Gasteiger partial charge < -0.3 is 15.7 Å². The Balaban J connectivity index is 2.21.